The van der Waals surface area contributed by atoms with Crippen LogP contribution in [0.1, 0.15) is 75.7 Å². The van der Waals surface area contributed by atoms with Gasteiger partial charge in [-0.1, -0.05) is 62.4 Å². The number of benzene rings is 3. The van der Waals surface area contributed by atoms with Gasteiger partial charge in [0.25, 0.3) is 5.91 Å². The smallest absolute Gasteiger partial charge is 0.308 e. The van der Waals surface area contributed by atoms with Gasteiger partial charge in [-0.3, -0.25) is 9.59 Å². The number of nitrogens with one attached hydrogen (secondary N) is 1. The largest absolute Gasteiger partial charge is 0.460 e. The second-order valence-corrected chi connectivity index (χ2v) is 11.9. The van der Waals surface area contributed by atoms with Crippen molar-refractivity contribution in [1.29, 1.82) is 0 Å². The SMILES string of the molecule is CC(C)c1c(C(=O)Nc2ccccc2)c(-c2ccccc2)c(-c2ccc(F)cc2)n1[C@@H](O)CC(O)CC(=O)OC(C)(C)C. The Kier molecular flexibility index (Phi) is 9.84. The van der Waals surface area contributed by atoms with Crippen molar-refractivity contribution >= 4 is 17.6 Å². The summed E-state index contributed by atoms with van der Waals surface area (Å²) in [5.74, 6) is -1.65. The van der Waals surface area contributed by atoms with Crippen molar-refractivity contribution in [3.63, 3.8) is 0 Å². The summed E-state index contributed by atoms with van der Waals surface area (Å²) in [6.45, 7) is 9.05. The van der Waals surface area contributed by atoms with Crippen molar-refractivity contribution in [2.24, 2.45) is 0 Å². The fraction of sp³-hybridized carbons (Fsp3) is 0.314. The third kappa shape index (κ3) is 7.77. The molecule has 8 heteroatoms. The second-order valence-electron chi connectivity index (χ2n) is 11.9. The summed E-state index contributed by atoms with van der Waals surface area (Å²) >= 11 is 0. The van der Waals surface area contributed by atoms with E-state index >= 15 is 0 Å². The van der Waals surface area contributed by atoms with Crippen molar-refractivity contribution in [3.05, 3.63) is 102 Å². The summed E-state index contributed by atoms with van der Waals surface area (Å²) in [5.41, 5.74) is 3.11. The van der Waals surface area contributed by atoms with E-state index in [2.05, 4.69) is 5.32 Å². The summed E-state index contributed by atoms with van der Waals surface area (Å²) < 4.78 is 21.1. The van der Waals surface area contributed by atoms with Crippen molar-refractivity contribution in [2.45, 2.75) is 71.3 Å². The summed E-state index contributed by atoms with van der Waals surface area (Å²) in [5, 5.41) is 25.6. The quantitative estimate of drug-likeness (QED) is 0.169. The van der Waals surface area contributed by atoms with Gasteiger partial charge in [0.1, 0.15) is 17.6 Å². The average molecular weight is 587 g/mol. The number of esters is 1. The van der Waals surface area contributed by atoms with E-state index in [1.807, 2.05) is 62.4 Å². The van der Waals surface area contributed by atoms with Crippen LogP contribution in [0.2, 0.25) is 0 Å². The first kappa shape index (κ1) is 31.7. The standard InChI is InChI=1S/C35H39FN2O5/c1-22(2)32-31(34(42)37-26-14-10-7-11-15-26)30(23-12-8-6-9-13-23)33(24-16-18-25(36)19-17-24)38(32)28(40)20-27(39)21-29(41)43-35(3,4)5/h6-19,22,27-28,39-40H,20-21H2,1-5H3,(H,37,42)/t27?,28-/m0/s1. The van der Waals surface area contributed by atoms with E-state index in [0.717, 1.165) is 5.56 Å². The van der Waals surface area contributed by atoms with Crippen LogP contribution in [0.25, 0.3) is 22.4 Å². The maximum Gasteiger partial charge on any atom is 0.308 e. The van der Waals surface area contributed by atoms with Gasteiger partial charge in [0.15, 0.2) is 0 Å². The zero-order valence-electron chi connectivity index (χ0n) is 25.2. The summed E-state index contributed by atoms with van der Waals surface area (Å²) in [4.78, 5) is 26.6. The number of nitrogens with zero attached hydrogens (tertiary/aromatic N) is 1. The molecule has 3 N–H and O–H groups in total. The van der Waals surface area contributed by atoms with E-state index < -0.39 is 29.7 Å². The maximum absolute atomic E-state index is 14.1. The van der Waals surface area contributed by atoms with Gasteiger partial charge in [-0.2, -0.15) is 0 Å². The van der Waals surface area contributed by atoms with Crippen LogP contribution in [0.15, 0.2) is 84.9 Å². The maximum atomic E-state index is 14.1. The lowest BCUT2D eigenvalue weighted by molar-refractivity contribution is -0.157. The van der Waals surface area contributed by atoms with Gasteiger partial charge in [-0.25, -0.2) is 4.39 Å². The van der Waals surface area contributed by atoms with E-state index in [4.69, 9.17) is 4.74 Å². The number of carbonyl (C=O) groups is 2. The highest BCUT2D eigenvalue weighted by Crippen LogP contribution is 2.44. The highest BCUT2D eigenvalue weighted by molar-refractivity contribution is 6.12. The molecule has 3 aromatic carbocycles. The molecule has 1 aromatic heterocycles. The summed E-state index contributed by atoms with van der Waals surface area (Å²) in [7, 11) is 0. The van der Waals surface area contributed by atoms with Gasteiger partial charge < -0.3 is 24.8 Å². The molecule has 43 heavy (non-hydrogen) atoms. The number of halogens is 1. The lowest BCUT2D eigenvalue weighted by Gasteiger charge is -2.25. The van der Waals surface area contributed by atoms with Crippen LogP contribution >= 0.6 is 0 Å². The number of para-hydroxylation sites is 1. The van der Waals surface area contributed by atoms with E-state index in [9.17, 15) is 24.2 Å². The minimum absolute atomic E-state index is 0.212. The molecule has 4 aromatic rings. The molecule has 4 rings (SSSR count). The predicted molar refractivity (Wildman–Crippen MR) is 166 cm³/mol. The Morgan fingerprint density at radius 3 is 2.02 bits per heavy atom. The third-order valence-corrected chi connectivity index (χ3v) is 6.83. The summed E-state index contributed by atoms with van der Waals surface area (Å²) in [6.07, 6.45) is -3.09. The number of aliphatic hydroxyl groups excluding tert-OH is 2. The minimum atomic E-state index is -1.34. The summed E-state index contributed by atoms with van der Waals surface area (Å²) in [6, 6.07) is 24.2. The number of hydrogen-bond acceptors (Lipinski definition) is 5. The van der Waals surface area contributed by atoms with Gasteiger partial charge in [-0.15, -0.1) is 0 Å². The highest BCUT2D eigenvalue weighted by Gasteiger charge is 2.34. The molecular weight excluding hydrogens is 547 g/mol. The molecule has 0 aliphatic heterocycles. The fourth-order valence-electron chi connectivity index (χ4n) is 5.21. The number of ether oxygens (including phenoxy) is 1. The van der Waals surface area contributed by atoms with Gasteiger partial charge in [0.05, 0.1) is 23.8 Å². The zero-order chi connectivity index (χ0) is 31.3. The second kappa shape index (κ2) is 13.4. The molecule has 226 valence electrons. The van der Waals surface area contributed by atoms with Crippen LogP contribution in [0.4, 0.5) is 10.1 Å². The number of anilines is 1. The molecule has 0 aliphatic rings. The van der Waals surface area contributed by atoms with Crippen LogP contribution < -0.4 is 5.32 Å². The Hall–Kier alpha value is -4.27. The molecule has 0 spiro atoms. The highest BCUT2D eigenvalue weighted by atomic mass is 19.1. The number of carbonyl (C=O) groups excluding carboxylic acids is 2. The van der Waals surface area contributed by atoms with Crippen LogP contribution in [-0.2, 0) is 9.53 Å². The molecular formula is C35H39FN2O5. The van der Waals surface area contributed by atoms with Gasteiger partial charge in [0.2, 0.25) is 0 Å². The molecule has 0 saturated carbocycles. The Labute approximate surface area is 252 Å². The Morgan fingerprint density at radius 1 is 0.884 bits per heavy atom. The van der Waals surface area contributed by atoms with Gasteiger partial charge >= 0.3 is 5.97 Å². The number of aromatic nitrogens is 1. The lowest BCUT2D eigenvalue weighted by atomic mass is 9.94. The molecule has 0 fully saturated rings. The first-order valence-corrected chi connectivity index (χ1v) is 14.4. The van der Waals surface area contributed by atoms with Gasteiger partial charge in [-0.05, 0) is 74.2 Å². The first-order valence-electron chi connectivity index (χ1n) is 14.4. The fourth-order valence-corrected chi connectivity index (χ4v) is 5.21. The van der Waals surface area contributed by atoms with Crippen molar-refractivity contribution < 1.29 is 28.9 Å². The molecule has 0 radical (unpaired) electrons. The minimum Gasteiger partial charge on any atom is -0.460 e. The Bertz CT molecular complexity index is 1540. The molecule has 0 aliphatic carbocycles. The van der Waals surface area contributed by atoms with Crippen LogP contribution in [0, 0.1) is 5.82 Å². The number of amides is 1. The van der Waals surface area contributed by atoms with Crippen LogP contribution in [0.3, 0.4) is 0 Å². The topological polar surface area (TPSA) is 101 Å². The first-order chi connectivity index (χ1) is 20.4. The van der Waals surface area contributed by atoms with Crippen molar-refractivity contribution in [3.8, 4) is 22.4 Å². The Morgan fingerprint density at radius 2 is 1.47 bits per heavy atom. The zero-order valence-corrected chi connectivity index (χ0v) is 25.2. The number of hydrogen-bond donors (Lipinski definition) is 3. The van der Waals surface area contributed by atoms with E-state index in [1.165, 1.54) is 12.1 Å². The molecule has 1 unspecified atom stereocenters. The number of aliphatic hydroxyl groups is 2. The van der Waals surface area contributed by atoms with Crippen molar-refractivity contribution in [1.82, 2.24) is 4.57 Å². The van der Waals surface area contributed by atoms with Crippen LogP contribution in [0.5, 0.6) is 0 Å². The molecule has 2 atom stereocenters. The van der Waals surface area contributed by atoms with E-state index in [0.29, 0.717) is 33.8 Å². The van der Waals surface area contributed by atoms with E-state index in [-0.39, 0.29) is 24.7 Å². The van der Waals surface area contributed by atoms with Gasteiger partial charge in [0, 0.05) is 23.4 Å². The number of rotatable bonds is 10. The Balaban J connectivity index is 1.92. The molecule has 1 amide bonds. The van der Waals surface area contributed by atoms with Crippen molar-refractivity contribution in [2.75, 3.05) is 5.32 Å². The lowest BCUT2D eigenvalue weighted by Crippen LogP contribution is -2.28. The molecule has 0 bridgehead atoms. The average Bonchev–Trinajstić information content (AvgIpc) is 3.30. The molecule has 0 saturated heterocycles. The third-order valence-electron chi connectivity index (χ3n) is 6.83. The van der Waals surface area contributed by atoms with E-state index in [1.54, 1.807) is 49.6 Å². The van der Waals surface area contributed by atoms with Crippen LogP contribution in [-0.4, -0.2) is 38.4 Å². The molecule has 7 nitrogen and oxygen atoms in total. The monoisotopic (exact) mass is 586 g/mol. The predicted octanol–water partition coefficient (Wildman–Crippen LogP) is 7.31. The molecule has 1 heterocycles. The normalized spacial score (nSPS) is 13.0.